The SMILES string of the molecule is COc1cccc(/C=C/C(=O)OCC(=O)N2CCC[C@@H](C)C2)c1OC. The van der Waals surface area contributed by atoms with Crippen molar-refractivity contribution in [2.45, 2.75) is 19.8 Å². The van der Waals surface area contributed by atoms with Gasteiger partial charge in [0.1, 0.15) is 0 Å². The van der Waals surface area contributed by atoms with Gasteiger partial charge in [-0.3, -0.25) is 4.79 Å². The van der Waals surface area contributed by atoms with Gasteiger partial charge in [0, 0.05) is 24.7 Å². The molecule has 1 amide bonds. The molecule has 0 bridgehead atoms. The van der Waals surface area contributed by atoms with E-state index in [9.17, 15) is 9.59 Å². The smallest absolute Gasteiger partial charge is 0.331 e. The van der Waals surface area contributed by atoms with Crippen molar-refractivity contribution in [3.05, 3.63) is 29.8 Å². The molecule has 0 radical (unpaired) electrons. The number of hydrogen-bond acceptors (Lipinski definition) is 5. The summed E-state index contributed by atoms with van der Waals surface area (Å²) in [6, 6.07) is 5.37. The van der Waals surface area contributed by atoms with E-state index in [1.54, 1.807) is 36.3 Å². The van der Waals surface area contributed by atoms with E-state index in [2.05, 4.69) is 6.92 Å². The van der Waals surface area contributed by atoms with Gasteiger partial charge in [-0.2, -0.15) is 0 Å². The third-order valence-electron chi connectivity index (χ3n) is 4.18. The predicted molar refractivity (Wildman–Crippen MR) is 94.5 cm³/mol. The molecule has 1 atom stereocenters. The highest BCUT2D eigenvalue weighted by Crippen LogP contribution is 2.31. The zero-order valence-corrected chi connectivity index (χ0v) is 15.0. The molecule has 25 heavy (non-hydrogen) atoms. The summed E-state index contributed by atoms with van der Waals surface area (Å²) < 4.78 is 15.6. The number of para-hydroxylation sites is 1. The third kappa shape index (κ3) is 5.24. The standard InChI is InChI=1S/C19H25NO5/c1-14-6-5-11-20(12-14)17(21)13-25-18(22)10-9-15-7-4-8-16(23-2)19(15)24-3/h4,7-10,14H,5-6,11-13H2,1-3H3/b10-9+/t14-/m1/s1. The summed E-state index contributed by atoms with van der Waals surface area (Å²) in [4.78, 5) is 25.7. The van der Waals surface area contributed by atoms with Gasteiger partial charge in [0.05, 0.1) is 14.2 Å². The molecule has 1 heterocycles. The van der Waals surface area contributed by atoms with Crippen molar-refractivity contribution < 1.29 is 23.8 Å². The van der Waals surface area contributed by atoms with Crippen LogP contribution in [-0.4, -0.2) is 50.7 Å². The Labute approximate surface area is 148 Å². The maximum absolute atomic E-state index is 12.1. The number of rotatable bonds is 6. The Morgan fingerprint density at radius 3 is 2.76 bits per heavy atom. The number of methoxy groups -OCH3 is 2. The fraction of sp³-hybridized carbons (Fsp3) is 0.474. The molecule has 136 valence electrons. The molecule has 0 unspecified atom stereocenters. The lowest BCUT2D eigenvalue weighted by atomic mass is 10.0. The molecular formula is C19H25NO5. The summed E-state index contributed by atoms with van der Waals surface area (Å²) in [5, 5.41) is 0. The normalized spacial score (nSPS) is 17.4. The Morgan fingerprint density at radius 1 is 1.28 bits per heavy atom. The van der Waals surface area contributed by atoms with Gasteiger partial charge in [-0.1, -0.05) is 19.1 Å². The minimum Gasteiger partial charge on any atom is -0.493 e. The summed E-state index contributed by atoms with van der Waals surface area (Å²) in [6.07, 6.45) is 4.99. The van der Waals surface area contributed by atoms with E-state index >= 15 is 0 Å². The average molecular weight is 347 g/mol. The van der Waals surface area contributed by atoms with Crippen LogP contribution >= 0.6 is 0 Å². The molecule has 2 rings (SSSR count). The zero-order chi connectivity index (χ0) is 18.2. The van der Waals surface area contributed by atoms with Gasteiger partial charge in [0.25, 0.3) is 5.91 Å². The van der Waals surface area contributed by atoms with E-state index in [0.717, 1.165) is 25.9 Å². The molecule has 6 heteroatoms. The lowest BCUT2D eigenvalue weighted by Gasteiger charge is -2.30. The Bertz CT molecular complexity index is 641. The Hall–Kier alpha value is -2.50. The van der Waals surface area contributed by atoms with Crippen LogP contribution in [0.2, 0.25) is 0 Å². The number of carbonyl (C=O) groups is 2. The highest BCUT2D eigenvalue weighted by atomic mass is 16.5. The quantitative estimate of drug-likeness (QED) is 0.584. The minimum atomic E-state index is -0.566. The Balaban J connectivity index is 1.90. The number of likely N-dealkylation sites (tertiary alicyclic amines) is 1. The second-order valence-electron chi connectivity index (χ2n) is 6.11. The number of amides is 1. The molecule has 0 aromatic heterocycles. The van der Waals surface area contributed by atoms with Crippen molar-refractivity contribution in [2.24, 2.45) is 5.92 Å². The molecule has 1 fully saturated rings. The van der Waals surface area contributed by atoms with E-state index in [1.807, 2.05) is 0 Å². The van der Waals surface area contributed by atoms with Crippen molar-refractivity contribution in [3.63, 3.8) is 0 Å². The maximum Gasteiger partial charge on any atom is 0.331 e. The maximum atomic E-state index is 12.1. The van der Waals surface area contributed by atoms with Crippen molar-refractivity contribution in [1.29, 1.82) is 0 Å². The first-order chi connectivity index (χ1) is 12.0. The summed E-state index contributed by atoms with van der Waals surface area (Å²) in [7, 11) is 3.08. The first-order valence-corrected chi connectivity index (χ1v) is 8.38. The van der Waals surface area contributed by atoms with Gasteiger partial charge in [-0.15, -0.1) is 0 Å². The number of hydrogen-bond donors (Lipinski definition) is 0. The topological polar surface area (TPSA) is 65.1 Å². The molecule has 1 saturated heterocycles. The van der Waals surface area contributed by atoms with Crippen molar-refractivity contribution >= 4 is 18.0 Å². The van der Waals surface area contributed by atoms with Crippen LogP contribution in [0.25, 0.3) is 6.08 Å². The summed E-state index contributed by atoms with van der Waals surface area (Å²) >= 11 is 0. The van der Waals surface area contributed by atoms with Crippen LogP contribution in [0, 0.1) is 5.92 Å². The second kappa shape index (κ2) is 9.11. The fourth-order valence-electron chi connectivity index (χ4n) is 2.89. The van der Waals surface area contributed by atoms with Crippen LogP contribution < -0.4 is 9.47 Å². The molecule has 1 aromatic rings. The van der Waals surface area contributed by atoms with Gasteiger partial charge < -0.3 is 19.1 Å². The Kier molecular flexibility index (Phi) is 6.86. The summed E-state index contributed by atoms with van der Waals surface area (Å²) in [5.41, 5.74) is 0.690. The highest BCUT2D eigenvalue weighted by molar-refractivity contribution is 5.89. The zero-order valence-electron chi connectivity index (χ0n) is 15.0. The number of ether oxygens (including phenoxy) is 3. The van der Waals surface area contributed by atoms with E-state index in [0.29, 0.717) is 23.0 Å². The van der Waals surface area contributed by atoms with Crippen molar-refractivity contribution in [3.8, 4) is 11.5 Å². The molecule has 0 N–H and O–H groups in total. The van der Waals surface area contributed by atoms with E-state index in [-0.39, 0.29) is 12.5 Å². The number of piperidine rings is 1. The van der Waals surface area contributed by atoms with Crippen LogP contribution in [0.1, 0.15) is 25.3 Å². The molecule has 0 aliphatic carbocycles. The van der Waals surface area contributed by atoms with Gasteiger partial charge in [-0.05, 0) is 30.9 Å². The third-order valence-corrected chi connectivity index (χ3v) is 4.18. The van der Waals surface area contributed by atoms with Crippen LogP contribution in [0.3, 0.4) is 0 Å². The minimum absolute atomic E-state index is 0.146. The van der Waals surface area contributed by atoms with Crippen LogP contribution in [0.15, 0.2) is 24.3 Å². The molecule has 0 saturated carbocycles. The fourth-order valence-corrected chi connectivity index (χ4v) is 2.89. The van der Waals surface area contributed by atoms with Crippen molar-refractivity contribution in [1.82, 2.24) is 4.90 Å². The lowest BCUT2D eigenvalue weighted by Crippen LogP contribution is -2.41. The number of esters is 1. The van der Waals surface area contributed by atoms with Crippen LogP contribution in [0.4, 0.5) is 0 Å². The molecule has 1 aromatic carbocycles. The highest BCUT2D eigenvalue weighted by Gasteiger charge is 2.21. The van der Waals surface area contributed by atoms with Crippen molar-refractivity contribution in [2.75, 3.05) is 33.9 Å². The number of benzene rings is 1. The van der Waals surface area contributed by atoms with Gasteiger partial charge >= 0.3 is 5.97 Å². The Morgan fingerprint density at radius 2 is 2.08 bits per heavy atom. The summed E-state index contributed by atoms with van der Waals surface area (Å²) in [6.45, 7) is 3.35. The molecule has 1 aliphatic heterocycles. The van der Waals surface area contributed by atoms with Gasteiger partial charge in [0.15, 0.2) is 18.1 Å². The monoisotopic (exact) mass is 347 g/mol. The molecule has 0 spiro atoms. The van der Waals surface area contributed by atoms with Crippen LogP contribution in [-0.2, 0) is 14.3 Å². The van der Waals surface area contributed by atoms with E-state index in [4.69, 9.17) is 14.2 Å². The molecular weight excluding hydrogens is 322 g/mol. The second-order valence-corrected chi connectivity index (χ2v) is 6.11. The first-order valence-electron chi connectivity index (χ1n) is 8.38. The molecule has 1 aliphatic rings. The van der Waals surface area contributed by atoms with E-state index in [1.165, 1.54) is 13.2 Å². The van der Waals surface area contributed by atoms with Gasteiger partial charge in [0.2, 0.25) is 0 Å². The number of carbonyl (C=O) groups excluding carboxylic acids is 2. The predicted octanol–water partition coefficient (Wildman–Crippen LogP) is 2.52. The average Bonchev–Trinajstić information content (AvgIpc) is 2.63. The first kappa shape index (κ1) is 18.8. The van der Waals surface area contributed by atoms with Crippen LogP contribution in [0.5, 0.6) is 11.5 Å². The number of nitrogens with zero attached hydrogens (tertiary/aromatic N) is 1. The lowest BCUT2D eigenvalue weighted by molar-refractivity contribution is -0.149. The van der Waals surface area contributed by atoms with E-state index < -0.39 is 5.97 Å². The largest absolute Gasteiger partial charge is 0.493 e. The summed E-state index contributed by atoms with van der Waals surface area (Å²) in [5.74, 6) is 0.893. The van der Waals surface area contributed by atoms with Gasteiger partial charge in [-0.25, -0.2) is 4.79 Å². The molecule has 6 nitrogen and oxygen atoms in total.